The molecule has 5 rings (SSSR count). The van der Waals surface area contributed by atoms with E-state index in [1.165, 1.54) is 29.3 Å². The van der Waals surface area contributed by atoms with Crippen LogP contribution in [-0.2, 0) is 21.4 Å². The minimum atomic E-state index is -1.21. The maximum atomic E-state index is 14.0. The minimum absolute atomic E-state index is 0.0214. The first-order valence-electron chi connectivity index (χ1n) is 11.3. The molecular formula is C26H22F2N5O3+. The highest BCUT2D eigenvalue weighted by Crippen LogP contribution is 2.46. The highest BCUT2D eigenvalue weighted by Gasteiger charge is 2.60. The van der Waals surface area contributed by atoms with Gasteiger partial charge in [-0.25, -0.2) is 8.78 Å². The molecule has 8 nitrogen and oxygen atoms in total. The number of fused-ring (bicyclic) bond motifs is 2. The molecule has 1 fully saturated rings. The van der Waals surface area contributed by atoms with Crippen molar-refractivity contribution in [3.8, 4) is 6.57 Å². The van der Waals surface area contributed by atoms with Gasteiger partial charge in [0.2, 0.25) is 5.91 Å². The number of rotatable bonds is 5. The van der Waals surface area contributed by atoms with E-state index in [0.29, 0.717) is 11.3 Å². The van der Waals surface area contributed by atoms with Gasteiger partial charge in [-0.05, 0) is 35.4 Å². The van der Waals surface area contributed by atoms with Crippen molar-refractivity contribution in [2.24, 2.45) is 0 Å². The molecular weight excluding hydrogens is 468 g/mol. The Labute approximate surface area is 205 Å². The van der Waals surface area contributed by atoms with Crippen molar-refractivity contribution in [1.29, 1.82) is 0 Å². The van der Waals surface area contributed by atoms with Crippen LogP contribution in [0.3, 0.4) is 0 Å². The largest absolute Gasteiger partial charge is 0.355 e. The number of H-pyrrole nitrogens is 1. The van der Waals surface area contributed by atoms with Crippen LogP contribution >= 0.6 is 0 Å². The summed E-state index contributed by atoms with van der Waals surface area (Å²) in [6.07, 6.45) is 0.499. The van der Waals surface area contributed by atoms with Crippen LogP contribution in [0.1, 0.15) is 28.0 Å². The minimum Gasteiger partial charge on any atom is -0.355 e. The zero-order valence-corrected chi connectivity index (χ0v) is 19.0. The quantitative estimate of drug-likeness (QED) is 0.513. The van der Waals surface area contributed by atoms with Crippen molar-refractivity contribution in [3.05, 3.63) is 94.1 Å². The van der Waals surface area contributed by atoms with Crippen molar-refractivity contribution in [2.45, 2.75) is 30.5 Å². The van der Waals surface area contributed by atoms with E-state index in [1.54, 1.807) is 24.3 Å². The van der Waals surface area contributed by atoms with Crippen molar-refractivity contribution >= 4 is 23.4 Å². The van der Waals surface area contributed by atoms with Gasteiger partial charge in [0.25, 0.3) is 18.4 Å². The van der Waals surface area contributed by atoms with E-state index in [9.17, 15) is 23.2 Å². The second-order valence-corrected chi connectivity index (χ2v) is 8.94. The number of halogens is 2. The predicted octanol–water partition coefficient (Wildman–Crippen LogP) is 3.05. The molecule has 2 aliphatic heterocycles. The van der Waals surface area contributed by atoms with Crippen LogP contribution in [0, 0.1) is 18.2 Å². The lowest BCUT2D eigenvalue weighted by atomic mass is 9.80. The molecule has 0 bridgehead atoms. The Morgan fingerprint density at radius 1 is 1.19 bits per heavy atom. The molecule has 10 heteroatoms. The van der Waals surface area contributed by atoms with Gasteiger partial charge in [0.1, 0.15) is 23.0 Å². The van der Waals surface area contributed by atoms with E-state index in [0.717, 1.165) is 11.6 Å². The van der Waals surface area contributed by atoms with Crippen molar-refractivity contribution in [1.82, 2.24) is 15.2 Å². The number of para-hydroxylation sites is 1. The van der Waals surface area contributed by atoms with Crippen molar-refractivity contribution in [3.63, 3.8) is 0 Å². The van der Waals surface area contributed by atoms with Gasteiger partial charge in [0.05, 0.1) is 6.42 Å². The molecule has 3 amide bonds. The topological polar surface area (TPSA) is 98.7 Å². The molecule has 182 valence electrons. The number of carbonyl (C=O) groups excluding carboxylic acids is 3. The lowest BCUT2D eigenvalue weighted by molar-refractivity contribution is -0.133. The Morgan fingerprint density at radius 3 is 2.72 bits per heavy atom. The van der Waals surface area contributed by atoms with E-state index in [1.807, 2.05) is 6.07 Å². The van der Waals surface area contributed by atoms with Gasteiger partial charge in [-0.3, -0.25) is 19.3 Å². The average molecular weight is 490 g/mol. The summed E-state index contributed by atoms with van der Waals surface area (Å²) in [7, 11) is 0. The van der Waals surface area contributed by atoms with Gasteiger partial charge in [-0.15, -0.1) is 0 Å². The zero-order valence-electron chi connectivity index (χ0n) is 19.0. The van der Waals surface area contributed by atoms with E-state index in [2.05, 4.69) is 20.5 Å². The number of likely N-dealkylation sites (tertiary alicyclic amines) is 1. The first-order valence-corrected chi connectivity index (χ1v) is 11.3. The van der Waals surface area contributed by atoms with Gasteiger partial charge < -0.3 is 15.6 Å². The Bertz CT molecular complexity index is 1410. The summed E-state index contributed by atoms with van der Waals surface area (Å²) in [5.74, 6) is -2.97. The standard InChI is InChI=1S/C26H21F2N5O3/c1-29-21-13-26(17-7-2-3-8-19(17)32-25(26)36)14-33(21)24(35)20(12-15-5-4-6-16(27)11-15)31-23(34)22-18(28)9-10-30-22/h1-11,20-21H,12-14H2,(H2-,30,31,32,34,36)/p+1/t20?,21-,26-/m0/s1. The Hall–Kier alpha value is -4.52. The number of nitrogens with one attached hydrogen (secondary N) is 3. The summed E-state index contributed by atoms with van der Waals surface area (Å²) in [5, 5.41) is 5.40. The lowest BCUT2D eigenvalue weighted by Gasteiger charge is -2.25. The number of carbonyl (C=O) groups is 3. The van der Waals surface area contributed by atoms with Gasteiger partial charge >= 0.3 is 6.17 Å². The smallest absolute Gasteiger partial charge is 0.350 e. The average Bonchev–Trinajstić information content (AvgIpc) is 3.54. The molecule has 36 heavy (non-hydrogen) atoms. The third-order valence-electron chi connectivity index (χ3n) is 6.77. The fourth-order valence-electron chi connectivity index (χ4n) is 5.03. The Morgan fingerprint density at radius 2 is 2.00 bits per heavy atom. The molecule has 0 saturated carbocycles. The molecule has 3 aromatic rings. The fraction of sp³-hybridized carbons (Fsp3) is 0.231. The predicted molar refractivity (Wildman–Crippen MR) is 127 cm³/mol. The van der Waals surface area contributed by atoms with Crippen LogP contribution in [0.4, 0.5) is 14.5 Å². The Kier molecular flexibility index (Phi) is 5.76. The molecule has 1 unspecified atom stereocenters. The van der Waals surface area contributed by atoms with Crippen LogP contribution in [0.15, 0.2) is 60.8 Å². The van der Waals surface area contributed by atoms with E-state index >= 15 is 0 Å². The highest BCUT2D eigenvalue weighted by molar-refractivity contribution is 6.07. The Balaban J connectivity index is 1.47. The van der Waals surface area contributed by atoms with Crippen molar-refractivity contribution < 1.29 is 23.2 Å². The molecule has 3 atom stereocenters. The molecule has 0 radical (unpaired) electrons. The first kappa shape index (κ1) is 23.2. The van der Waals surface area contributed by atoms with Crippen LogP contribution in [0.2, 0.25) is 0 Å². The second-order valence-electron chi connectivity index (χ2n) is 8.94. The fourth-order valence-corrected chi connectivity index (χ4v) is 5.03. The molecule has 3 heterocycles. The summed E-state index contributed by atoms with van der Waals surface area (Å²) in [6, 6.07) is 12.7. The number of benzene rings is 2. The van der Waals surface area contributed by atoms with Crippen LogP contribution in [-0.4, -0.2) is 46.4 Å². The number of anilines is 1. The number of nitrogens with zero attached hydrogens (tertiary/aromatic N) is 2. The van der Waals surface area contributed by atoms with Gasteiger partial charge in [0, 0.05) is 24.8 Å². The number of aromatic amines is 1. The summed E-state index contributed by atoms with van der Waals surface area (Å²) in [4.78, 5) is 47.4. The van der Waals surface area contributed by atoms with Crippen LogP contribution < -0.4 is 10.6 Å². The summed E-state index contributed by atoms with van der Waals surface area (Å²) >= 11 is 0. The van der Waals surface area contributed by atoms with Gasteiger partial charge in [0.15, 0.2) is 5.82 Å². The molecule has 1 spiro atoms. The summed E-state index contributed by atoms with van der Waals surface area (Å²) < 4.78 is 27.9. The highest BCUT2D eigenvalue weighted by atomic mass is 19.1. The molecule has 0 aliphatic carbocycles. The molecule has 2 aliphatic rings. The summed E-state index contributed by atoms with van der Waals surface area (Å²) in [6.45, 7) is 5.64. The zero-order chi connectivity index (χ0) is 25.4. The number of hydrogen-bond donors (Lipinski definition) is 3. The second kappa shape index (κ2) is 8.92. The number of hydrogen-bond acceptors (Lipinski definition) is 3. The first-order chi connectivity index (χ1) is 17.3. The lowest BCUT2D eigenvalue weighted by Crippen LogP contribution is -2.51. The van der Waals surface area contributed by atoms with Crippen LogP contribution in [0.25, 0.3) is 4.85 Å². The third-order valence-corrected chi connectivity index (χ3v) is 6.77. The SMILES string of the molecule is C#[N+][C@@H]1C[C@@]2(CN1C(=O)C(Cc1cccc(F)c1)NC(=O)c1[nH]ccc1F)C(=O)Nc1ccccc12. The van der Waals surface area contributed by atoms with E-state index in [4.69, 9.17) is 6.57 Å². The number of aromatic nitrogens is 1. The normalized spacial score (nSPS) is 21.1. The van der Waals surface area contributed by atoms with E-state index < -0.39 is 41.1 Å². The maximum absolute atomic E-state index is 14.0. The summed E-state index contributed by atoms with van der Waals surface area (Å²) in [5.41, 5.74) is 0.435. The molecule has 3 N–H and O–H groups in total. The van der Waals surface area contributed by atoms with E-state index in [-0.39, 0.29) is 31.0 Å². The van der Waals surface area contributed by atoms with Crippen molar-refractivity contribution in [2.75, 3.05) is 11.9 Å². The van der Waals surface area contributed by atoms with Gasteiger partial charge in [-0.2, -0.15) is 0 Å². The monoisotopic (exact) mass is 490 g/mol. The third kappa shape index (κ3) is 3.88. The van der Waals surface area contributed by atoms with Crippen LogP contribution in [0.5, 0.6) is 0 Å². The molecule has 1 aromatic heterocycles. The molecule has 1 saturated heterocycles. The van der Waals surface area contributed by atoms with Gasteiger partial charge in [-0.1, -0.05) is 35.2 Å². The molecule has 2 aromatic carbocycles. The number of amides is 3. The maximum Gasteiger partial charge on any atom is 0.350 e.